The maximum absolute atomic E-state index is 13.1. The normalized spacial score (nSPS) is 15.3. The fourth-order valence-electron chi connectivity index (χ4n) is 4.08. The molecule has 0 radical (unpaired) electrons. The van der Waals surface area contributed by atoms with Gasteiger partial charge in [-0.25, -0.2) is 0 Å². The van der Waals surface area contributed by atoms with Gasteiger partial charge < -0.3 is 10.3 Å². The standard InChI is InChI=1S/C24H25N3O3/c1-3-15(2)21(27-23(29)18-9-4-5-10-19(18)24(27)30)22(28)25-13-12-16-14-26-20-11-7-6-8-17(16)20/h4-11,14-15,21,26H,3,12-13H2,1-2H3,(H,25,28). The molecule has 2 N–H and O–H groups in total. The molecule has 2 heterocycles. The highest BCUT2D eigenvalue weighted by atomic mass is 16.2. The molecule has 6 nitrogen and oxygen atoms in total. The third-order valence-electron chi connectivity index (χ3n) is 5.92. The largest absolute Gasteiger partial charge is 0.361 e. The molecule has 3 aromatic rings. The van der Waals surface area contributed by atoms with E-state index in [9.17, 15) is 14.4 Å². The summed E-state index contributed by atoms with van der Waals surface area (Å²) in [6.45, 7) is 4.28. The van der Waals surface area contributed by atoms with E-state index in [-0.39, 0.29) is 11.8 Å². The number of fused-ring (bicyclic) bond motifs is 2. The molecule has 0 aliphatic carbocycles. The molecule has 1 aliphatic heterocycles. The van der Waals surface area contributed by atoms with Crippen molar-refractivity contribution in [1.82, 2.24) is 15.2 Å². The average molecular weight is 403 g/mol. The number of aromatic amines is 1. The zero-order valence-electron chi connectivity index (χ0n) is 17.1. The first-order valence-corrected chi connectivity index (χ1v) is 10.3. The van der Waals surface area contributed by atoms with Crippen LogP contribution >= 0.6 is 0 Å². The summed E-state index contributed by atoms with van der Waals surface area (Å²) in [6, 6.07) is 13.9. The Kier molecular flexibility index (Phi) is 5.40. The summed E-state index contributed by atoms with van der Waals surface area (Å²) >= 11 is 0. The molecule has 0 bridgehead atoms. The number of carbonyl (C=O) groups excluding carboxylic acids is 3. The van der Waals surface area contributed by atoms with Crippen LogP contribution in [0.5, 0.6) is 0 Å². The van der Waals surface area contributed by atoms with Gasteiger partial charge in [0.05, 0.1) is 11.1 Å². The topological polar surface area (TPSA) is 82.3 Å². The number of benzene rings is 2. The van der Waals surface area contributed by atoms with Gasteiger partial charge in [0.15, 0.2) is 0 Å². The van der Waals surface area contributed by atoms with E-state index in [2.05, 4.69) is 10.3 Å². The van der Waals surface area contributed by atoms with E-state index < -0.39 is 17.9 Å². The van der Waals surface area contributed by atoms with E-state index in [4.69, 9.17) is 0 Å². The zero-order chi connectivity index (χ0) is 21.3. The lowest BCUT2D eigenvalue weighted by Gasteiger charge is -2.29. The van der Waals surface area contributed by atoms with Crippen molar-refractivity contribution in [2.45, 2.75) is 32.7 Å². The molecule has 1 aromatic heterocycles. The lowest BCUT2D eigenvalue weighted by atomic mass is 9.96. The van der Waals surface area contributed by atoms with Gasteiger partial charge in [0, 0.05) is 23.6 Å². The van der Waals surface area contributed by atoms with Crippen molar-refractivity contribution in [3.8, 4) is 0 Å². The van der Waals surface area contributed by atoms with Crippen LogP contribution in [0.25, 0.3) is 10.9 Å². The number of para-hydroxylation sites is 1. The minimum Gasteiger partial charge on any atom is -0.361 e. The highest BCUT2D eigenvalue weighted by Crippen LogP contribution is 2.28. The monoisotopic (exact) mass is 403 g/mol. The van der Waals surface area contributed by atoms with Crippen molar-refractivity contribution in [1.29, 1.82) is 0 Å². The fraction of sp³-hybridized carbons (Fsp3) is 0.292. The number of nitrogens with zero attached hydrogens (tertiary/aromatic N) is 1. The second kappa shape index (κ2) is 8.14. The van der Waals surface area contributed by atoms with Crippen molar-refractivity contribution >= 4 is 28.6 Å². The fourth-order valence-corrected chi connectivity index (χ4v) is 4.08. The van der Waals surface area contributed by atoms with E-state index in [1.165, 1.54) is 0 Å². The number of carbonyl (C=O) groups is 3. The average Bonchev–Trinajstić information content (AvgIpc) is 3.29. The molecule has 0 fully saturated rings. The Bertz CT molecular complexity index is 1080. The number of amides is 3. The van der Waals surface area contributed by atoms with Crippen LogP contribution in [-0.4, -0.2) is 40.2 Å². The van der Waals surface area contributed by atoms with Gasteiger partial charge in [-0.05, 0) is 36.1 Å². The van der Waals surface area contributed by atoms with E-state index in [0.717, 1.165) is 21.4 Å². The Hall–Kier alpha value is -3.41. The number of nitrogens with one attached hydrogen (secondary N) is 2. The van der Waals surface area contributed by atoms with Crippen molar-refractivity contribution in [3.63, 3.8) is 0 Å². The third-order valence-corrected chi connectivity index (χ3v) is 5.92. The summed E-state index contributed by atoms with van der Waals surface area (Å²) in [5.74, 6) is -1.24. The summed E-state index contributed by atoms with van der Waals surface area (Å²) in [4.78, 5) is 43.3. The smallest absolute Gasteiger partial charge is 0.262 e. The van der Waals surface area contributed by atoms with Crippen LogP contribution in [0.3, 0.4) is 0 Å². The summed E-state index contributed by atoms with van der Waals surface area (Å²) < 4.78 is 0. The van der Waals surface area contributed by atoms with Crippen molar-refractivity contribution < 1.29 is 14.4 Å². The molecule has 2 aromatic carbocycles. The quantitative estimate of drug-likeness (QED) is 0.592. The molecule has 4 rings (SSSR count). The maximum atomic E-state index is 13.1. The number of hydrogen-bond donors (Lipinski definition) is 2. The van der Waals surface area contributed by atoms with Crippen molar-refractivity contribution in [3.05, 3.63) is 71.4 Å². The molecule has 3 amide bonds. The van der Waals surface area contributed by atoms with Crippen LogP contribution in [0.15, 0.2) is 54.7 Å². The van der Waals surface area contributed by atoms with Gasteiger partial charge in [-0.1, -0.05) is 50.6 Å². The Morgan fingerprint density at radius 3 is 2.33 bits per heavy atom. The molecule has 154 valence electrons. The summed E-state index contributed by atoms with van der Waals surface area (Å²) in [5.41, 5.74) is 2.90. The van der Waals surface area contributed by atoms with Crippen LogP contribution in [-0.2, 0) is 11.2 Å². The summed E-state index contributed by atoms with van der Waals surface area (Å²) in [6.07, 6.45) is 3.28. The lowest BCUT2D eigenvalue weighted by Crippen LogP contribution is -2.53. The van der Waals surface area contributed by atoms with Crippen LogP contribution in [0, 0.1) is 5.92 Å². The minimum absolute atomic E-state index is 0.152. The SMILES string of the molecule is CCC(C)C(C(=O)NCCc1c[nH]c2ccccc12)N1C(=O)c2ccccc2C1=O. The molecular weight excluding hydrogens is 378 g/mol. The van der Waals surface area contributed by atoms with Crippen LogP contribution in [0.4, 0.5) is 0 Å². The third kappa shape index (κ3) is 3.38. The Balaban J connectivity index is 1.49. The Labute approximate surface area is 175 Å². The van der Waals surface area contributed by atoms with Gasteiger partial charge in [-0.15, -0.1) is 0 Å². The zero-order valence-corrected chi connectivity index (χ0v) is 17.1. The van der Waals surface area contributed by atoms with Gasteiger partial charge in [0.1, 0.15) is 6.04 Å². The molecule has 0 saturated heterocycles. The predicted octanol–water partition coefficient (Wildman–Crippen LogP) is 3.54. The van der Waals surface area contributed by atoms with Gasteiger partial charge in [0.2, 0.25) is 5.91 Å². The predicted molar refractivity (Wildman–Crippen MR) is 115 cm³/mol. The number of aromatic nitrogens is 1. The van der Waals surface area contributed by atoms with Gasteiger partial charge in [-0.3, -0.25) is 19.3 Å². The number of imide groups is 1. The van der Waals surface area contributed by atoms with Crippen LogP contribution < -0.4 is 5.32 Å². The first-order valence-electron chi connectivity index (χ1n) is 10.3. The van der Waals surface area contributed by atoms with Crippen molar-refractivity contribution in [2.75, 3.05) is 6.54 Å². The van der Waals surface area contributed by atoms with Crippen LogP contribution in [0.1, 0.15) is 46.5 Å². The molecule has 0 saturated carbocycles. The van der Waals surface area contributed by atoms with Gasteiger partial charge >= 0.3 is 0 Å². The molecule has 1 aliphatic rings. The Morgan fingerprint density at radius 2 is 1.67 bits per heavy atom. The maximum Gasteiger partial charge on any atom is 0.262 e. The lowest BCUT2D eigenvalue weighted by molar-refractivity contribution is -0.126. The van der Waals surface area contributed by atoms with Crippen LogP contribution in [0.2, 0.25) is 0 Å². The summed E-state index contributed by atoms with van der Waals surface area (Å²) in [7, 11) is 0. The second-order valence-electron chi connectivity index (χ2n) is 7.76. The highest BCUT2D eigenvalue weighted by molar-refractivity contribution is 6.22. The highest BCUT2D eigenvalue weighted by Gasteiger charge is 2.44. The minimum atomic E-state index is -0.828. The molecule has 6 heteroatoms. The van der Waals surface area contributed by atoms with Gasteiger partial charge in [-0.2, -0.15) is 0 Å². The van der Waals surface area contributed by atoms with E-state index in [1.54, 1.807) is 24.3 Å². The molecule has 0 spiro atoms. The van der Waals surface area contributed by atoms with E-state index in [0.29, 0.717) is 30.5 Å². The second-order valence-corrected chi connectivity index (χ2v) is 7.76. The van der Waals surface area contributed by atoms with E-state index in [1.807, 2.05) is 44.3 Å². The van der Waals surface area contributed by atoms with Crippen molar-refractivity contribution in [2.24, 2.45) is 5.92 Å². The number of H-pyrrole nitrogens is 1. The molecule has 2 atom stereocenters. The molecular formula is C24H25N3O3. The summed E-state index contributed by atoms with van der Waals surface area (Å²) in [5, 5.41) is 4.08. The van der Waals surface area contributed by atoms with Gasteiger partial charge in [0.25, 0.3) is 11.8 Å². The first-order chi connectivity index (χ1) is 14.5. The molecule has 30 heavy (non-hydrogen) atoms. The first kappa shape index (κ1) is 19.9. The Morgan fingerprint density at radius 1 is 1.03 bits per heavy atom. The van der Waals surface area contributed by atoms with E-state index >= 15 is 0 Å². The number of rotatable bonds is 7. The number of hydrogen-bond acceptors (Lipinski definition) is 3. The molecule has 2 unspecified atom stereocenters.